The van der Waals surface area contributed by atoms with Crippen LogP contribution in [0.2, 0.25) is 5.02 Å². The Morgan fingerprint density at radius 1 is 0.970 bits per heavy atom. The average Bonchev–Trinajstić information content (AvgIpc) is 3.31. The second-order valence-corrected chi connectivity index (χ2v) is 8.39. The van der Waals surface area contributed by atoms with Crippen LogP contribution in [0, 0.1) is 23.0 Å². The third kappa shape index (κ3) is 3.44. The first-order valence-electron chi connectivity index (χ1n) is 10.3. The number of hydroxylamine groups is 1. The van der Waals surface area contributed by atoms with E-state index in [2.05, 4.69) is 0 Å². The summed E-state index contributed by atoms with van der Waals surface area (Å²) in [4.78, 5) is 45.1. The molecule has 8 nitrogen and oxygen atoms in total. The maximum atomic E-state index is 13.6. The summed E-state index contributed by atoms with van der Waals surface area (Å²) in [6.07, 6.45) is -1.06. The third-order valence-electron chi connectivity index (χ3n) is 5.98. The molecule has 0 N–H and O–H groups in total. The Morgan fingerprint density at radius 3 is 2.39 bits per heavy atom. The van der Waals surface area contributed by atoms with Crippen molar-refractivity contribution >= 4 is 40.5 Å². The van der Waals surface area contributed by atoms with Crippen molar-refractivity contribution < 1.29 is 19.3 Å². The van der Waals surface area contributed by atoms with Crippen molar-refractivity contribution in [1.29, 1.82) is 0 Å². The lowest BCUT2D eigenvalue weighted by molar-refractivity contribution is -0.384. The van der Waals surface area contributed by atoms with E-state index in [0.29, 0.717) is 22.0 Å². The molecule has 2 amide bonds. The molecule has 3 aromatic rings. The minimum Gasteiger partial charge on any atom is -0.273 e. The molecule has 2 aliphatic heterocycles. The Balaban J connectivity index is 1.62. The molecule has 2 fully saturated rings. The number of amides is 2. The fourth-order valence-corrected chi connectivity index (χ4v) is 4.57. The van der Waals surface area contributed by atoms with Crippen LogP contribution >= 0.6 is 11.6 Å². The molecule has 3 atom stereocenters. The molecule has 0 aliphatic carbocycles. The van der Waals surface area contributed by atoms with Crippen LogP contribution in [0.1, 0.15) is 17.2 Å². The number of aryl methyl sites for hydroxylation is 1. The summed E-state index contributed by atoms with van der Waals surface area (Å²) in [6.45, 7) is 1.82. The van der Waals surface area contributed by atoms with E-state index >= 15 is 0 Å². The molecule has 33 heavy (non-hydrogen) atoms. The van der Waals surface area contributed by atoms with Gasteiger partial charge in [0.25, 0.3) is 11.6 Å². The monoisotopic (exact) mass is 463 g/mol. The van der Waals surface area contributed by atoms with Crippen molar-refractivity contribution in [2.45, 2.75) is 19.1 Å². The summed E-state index contributed by atoms with van der Waals surface area (Å²) in [7, 11) is 0. The van der Waals surface area contributed by atoms with Gasteiger partial charge < -0.3 is 0 Å². The van der Waals surface area contributed by atoms with E-state index in [1.165, 1.54) is 17.2 Å². The van der Waals surface area contributed by atoms with E-state index in [0.717, 1.165) is 10.5 Å². The molecule has 5 rings (SSSR count). The first-order chi connectivity index (χ1) is 15.9. The number of carbonyl (C=O) groups excluding carboxylic acids is 2. The van der Waals surface area contributed by atoms with E-state index in [1.54, 1.807) is 48.5 Å². The van der Waals surface area contributed by atoms with Gasteiger partial charge in [-0.25, -0.2) is 9.96 Å². The SMILES string of the molecule is Cc1ccccc1N1C(=O)C2ON(c3ccc(Cl)cc3)C(c3cccc([N+](=O)[O-])c3)C2C1=O. The van der Waals surface area contributed by atoms with Gasteiger partial charge in [0, 0.05) is 17.2 Å². The van der Waals surface area contributed by atoms with E-state index in [1.807, 2.05) is 19.1 Å². The van der Waals surface area contributed by atoms with Crippen molar-refractivity contribution in [3.63, 3.8) is 0 Å². The number of hydrogen-bond donors (Lipinski definition) is 0. The highest BCUT2D eigenvalue weighted by Gasteiger charge is 2.60. The highest BCUT2D eigenvalue weighted by molar-refractivity contribution is 6.30. The van der Waals surface area contributed by atoms with Crippen molar-refractivity contribution in [3.05, 3.63) is 99.1 Å². The Kier molecular flexibility index (Phi) is 5.11. The lowest BCUT2D eigenvalue weighted by Crippen LogP contribution is -2.37. The molecule has 166 valence electrons. The molecule has 2 saturated heterocycles. The molecule has 9 heteroatoms. The van der Waals surface area contributed by atoms with Gasteiger partial charge in [-0.2, -0.15) is 0 Å². The second-order valence-electron chi connectivity index (χ2n) is 7.95. The van der Waals surface area contributed by atoms with Crippen LogP contribution in [0.5, 0.6) is 0 Å². The zero-order valence-electron chi connectivity index (χ0n) is 17.4. The van der Waals surface area contributed by atoms with Crippen LogP contribution in [0.15, 0.2) is 72.8 Å². The summed E-state index contributed by atoms with van der Waals surface area (Å²) in [5.74, 6) is -1.76. The van der Waals surface area contributed by atoms with Crippen molar-refractivity contribution in [2.75, 3.05) is 9.96 Å². The quantitative estimate of drug-likeness (QED) is 0.319. The molecule has 0 saturated carbocycles. The maximum Gasteiger partial charge on any atom is 0.269 e. The topological polar surface area (TPSA) is 93.0 Å². The molecule has 3 aromatic carbocycles. The number of benzene rings is 3. The second kappa shape index (κ2) is 7.99. The number of nitro benzene ring substituents is 1. The Bertz CT molecular complexity index is 1280. The average molecular weight is 464 g/mol. The minimum absolute atomic E-state index is 0.112. The van der Waals surface area contributed by atoms with Gasteiger partial charge in [-0.05, 0) is 48.4 Å². The first kappa shape index (κ1) is 21.1. The fraction of sp³-hybridized carbons (Fsp3) is 0.167. The maximum absolute atomic E-state index is 13.6. The van der Waals surface area contributed by atoms with Crippen LogP contribution in [-0.2, 0) is 14.4 Å². The highest BCUT2D eigenvalue weighted by Crippen LogP contribution is 2.48. The number of nitro groups is 1. The number of rotatable bonds is 4. The van der Waals surface area contributed by atoms with E-state index in [9.17, 15) is 19.7 Å². The molecular formula is C24H18ClN3O5. The van der Waals surface area contributed by atoms with Gasteiger partial charge in [0.2, 0.25) is 5.91 Å². The molecule has 0 aromatic heterocycles. The highest BCUT2D eigenvalue weighted by atomic mass is 35.5. The molecule has 3 unspecified atom stereocenters. The lowest BCUT2D eigenvalue weighted by atomic mass is 9.90. The summed E-state index contributed by atoms with van der Waals surface area (Å²) >= 11 is 6.02. The summed E-state index contributed by atoms with van der Waals surface area (Å²) in [5, 5.41) is 13.4. The molecular weight excluding hydrogens is 446 g/mol. The Morgan fingerprint density at radius 2 is 1.70 bits per heavy atom. The number of imide groups is 1. The molecule has 0 spiro atoms. The Labute approximate surface area is 194 Å². The summed E-state index contributed by atoms with van der Waals surface area (Å²) in [5.41, 5.74) is 2.24. The van der Waals surface area contributed by atoms with Crippen molar-refractivity contribution in [1.82, 2.24) is 0 Å². The number of nitrogens with zero attached hydrogens (tertiary/aromatic N) is 3. The number of para-hydroxylation sites is 1. The van der Waals surface area contributed by atoms with Crippen LogP contribution < -0.4 is 9.96 Å². The van der Waals surface area contributed by atoms with Gasteiger partial charge in [-0.1, -0.05) is 41.9 Å². The number of anilines is 2. The number of non-ortho nitro benzene ring substituents is 1. The zero-order chi connectivity index (χ0) is 23.3. The number of carbonyl (C=O) groups is 2. The standard InChI is InChI=1S/C24H18ClN3O5/c1-14-5-2-3-8-19(14)26-23(29)20-21(15-6-4-7-18(13-15)28(31)32)27(33-22(20)24(26)30)17-11-9-16(25)10-12-17/h2-13,20-22H,1H3. The molecule has 2 aliphatic rings. The van der Waals surface area contributed by atoms with Gasteiger partial charge in [-0.15, -0.1) is 0 Å². The molecule has 2 heterocycles. The van der Waals surface area contributed by atoms with Gasteiger partial charge in [-0.3, -0.25) is 24.5 Å². The largest absolute Gasteiger partial charge is 0.273 e. The fourth-order valence-electron chi connectivity index (χ4n) is 4.44. The lowest BCUT2D eigenvalue weighted by Gasteiger charge is -2.29. The van der Waals surface area contributed by atoms with Gasteiger partial charge in [0.05, 0.1) is 22.3 Å². The third-order valence-corrected chi connectivity index (χ3v) is 6.23. The van der Waals surface area contributed by atoms with Crippen LogP contribution in [0.3, 0.4) is 0 Å². The van der Waals surface area contributed by atoms with Crippen molar-refractivity contribution in [3.8, 4) is 0 Å². The summed E-state index contributed by atoms with van der Waals surface area (Å²) < 4.78 is 0. The zero-order valence-corrected chi connectivity index (χ0v) is 18.2. The Hall–Kier alpha value is -3.75. The number of hydrogen-bond acceptors (Lipinski definition) is 6. The number of fused-ring (bicyclic) bond motifs is 1. The predicted octanol–water partition coefficient (Wildman–Crippen LogP) is 4.61. The van der Waals surface area contributed by atoms with Crippen LogP contribution in [-0.4, -0.2) is 22.8 Å². The van der Waals surface area contributed by atoms with Gasteiger partial charge in [0.1, 0.15) is 5.92 Å². The molecule has 0 radical (unpaired) electrons. The van der Waals surface area contributed by atoms with Gasteiger partial charge >= 0.3 is 0 Å². The normalized spacial score (nSPS) is 22.1. The predicted molar refractivity (Wildman–Crippen MR) is 122 cm³/mol. The first-order valence-corrected chi connectivity index (χ1v) is 10.6. The van der Waals surface area contributed by atoms with Crippen molar-refractivity contribution in [2.24, 2.45) is 5.92 Å². The smallest absolute Gasteiger partial charge is 0.269 e. The van der Waals surface area contributed by atoms with E-state index in [-0.39, 0.29) is 5.69 Å². The molecule has 0 bridgehead atoms. The summed E-state index contributed by atoms with van der Waals surface area (Å²) in [6, 6.07) is 19.2. The van der Waals surface area contributed by atoms with E-state index < -0.39 is 34.8 Å². The van der Waals surface area contributed by atoms with Crippen LogP contribution in [0.4, 0.5) is 17.1 Å². The van der Waals surface area contributed by atoms with Gasteiger partial charge in [0.15, 0.2) is 6.10 Å². The minimum atomic E-state index is -1.06. The number of halogens is 1. The van der Waals surface area contributed by atoms with Crippen LogP contribution in [0.25, 0.3) is 0 Å². The van der Waals surface area contributed by atoms with E-state index in [4.69, 9.17) is 16.4 Å².